The summed E-state index contributed by atoms with van der Waals surface area (Å²) in [7, 11) is 0. The Labute approximate surface area is 144 Å². The van der Waals surface area contributed by atoms with E-state index >= 15 is 0 Å². The molecule has 0 aliphatic heterocycles. The Morgan fingerprint density at radius 2 is 1.17 bits per heavy atom. The van der Waals surface area contributed by atoms with Crippen molar-refractivity contribution in [1.29, 1.82) is 0 Å². The third-order valence-electron chi connectivity index (χ3n) is 4.02. The van der Waals surface area contributed by atoms with E-state index in [1.165, 1.54) is 5.56 Å². The molecule has 0 radical (unpaired) electrons. The van der Waals surface area contributed by atoms with Gasteiger partial charge in [-0.3, -0.25) is 0 Å². The molecule has 3 heteroatoms. The first-order valence-corrected chi connectivity index (χ1v) is 8.34. The molecule has 0 fully saturated rings. The highest BCUT2D eigenvalue weighted by Gasteiger charge is 2.21. The van der Waals surface area contributed by atoms with Crippen LogP contribution in [0.1, 0.15) is 5.56 Å². The molecule has 0 unspecified atom stereocenters. The van der Waals surface area contributed by atoms with Crippen LogP contribution in [0, 0.1) is 0 Å². The summed E-state index contributed by atoms with van der Waals surface area (Å²) in [4.78, 5) is 0. The Morgan fingerprint density at radius 3 is 1.67 bits per heavy atom. The molecule has 3 aromatic carbocycles. The lowest BCUT2D eigenvalue weighted by atomic mass is 9.55. The number of hydrogen-bond acceptors (Lipinski definition) is 2. The van der Waals surface area contributed by atoms with Gasteiger partial charge in [0.05, 0.1) is 0 Å². The number of hydrogen-bond donors (Lipinski definition) is 1. The smallest absolute Gasteiger partial charge is 0.361 e. The van der Waals surface area contributed by atoms with Gasteiger partial charge in [0, 0.05) is 12.6 Å². The van der Waals surface area contributed by atoms with E-state index in [4.69, 9.17) is 10.4 Å². The molecule has 0 aliphatic carbocycles. The van der Waals surface area contributed by atoms with Crippen LogP contribution in [0.15, 0.2) is 91.0 Å². The summed E-state index contributed by atoms with van der Waals surface area (Å²) < 4.78 is 6.22. The van der Waals surface area contributed by atoms with Gasteiger partial charge in [-0.25, -0.2) is 0 Å². The highest BCUT2D eigenvalue weighted by molar-refractivity contribution is 6.80. The molecule has 0 spiro atoms. The lowest BCUT2D eigenvalue weighted by Crippen LogP contribution is -2.47. The van der Waals surface area contributed by atoms with Gasteiger partial charge >= 0.3 is 6.92 Å². The lowest BCUT2D eigenvalue weighted by Gasteiger charge is -2.19. The zero-order valence-electron chi connectivity index (χ0n) is 13.7. The lowest BCUT2D eigenvalue weighted by molar-refractivity contribution is 0.300. The molecule has 24 heavy (non-hydrogen) atoms. The van der Waals surface area contributed by atoms with Crippen LogP contribution in [0.25, 0.3) is 0 Å². The predicted molar refractivity (Wildman–Crippen MR) is 102 cm³/mol. The van der Waals surface area contributed by atoms with E-state index in [2.05, 4.69) is 36.4 Å². The second-order valence-electron chi connectivity index (χ2n) is 5.98. The maximum absolute atomic E-state index is 6.29. The van der Waals surface area contributed by atoms with Crippen molar-refractivity contribution >= 4 is 17.8 Å². The third-order valence-corrected chi connectivity index (χ3v) is 4.02. The fourth-order valence-electron chi connectivity index (χ4n) is 2.84. The first-order chi connectivity index (χ1) is 11.8. The molecule has 0 amide bonds. The topological polar surface area (TPSA) is 35.2 Å². The van der Waals surface area contributed by atoms with Crippen molar-refractivity contribution in [1.82, 2.24) is 0 Å². The zero-order valence-corrected chi connectivity index (χ0v) is 13.7. The molecule has 2 nitrogen and oxygen atoms in total. The summed E-state index contributed by atoms with van der Waals surface area (Å²) in [5.41, 5.74) is 9.82. The van der Waals surface area contributed by atoms with Gasteiger partial charge in [-0.15, -0.1) is 0 Å². The quantitative estimate of drug-likeness (QED) is 0.680. The molecule has 120 valence electrons. The Hall–Kier alpha value is -2.36. The molecule has 3 rings (SSSR count). The minimum atomic E-state index is -0.0887. The normalized spacial score (nSPS) is 11.9. The summed E-state index contributed by atoms with van der Waals surface area (Å²) in [6, 6.07) is 30.9. The van der Waals surface area contributed by atoms with E-state index < -0.39 is 0 Å². The summed E-state index contributed by atoms with van der Waals surface area (Å²) in [6.45, 7) is 0.429. The van der Waals surface area contributed by atoms with Crippen LogP contribution in [-0.2, 0) is 11.1 Å². The Morgan fingerprint density at radius 1 is 0.708 bits per heavy atom. The molecule has 0 saturated heterocycles. The summed E-state index contributed by atoms with van der Waals surface area (Å²) in [5.74, 6) is 0. The van der Waals surface area contributed by atoms with Crippen molar-refractivity contribution in [2.24, 2.45) is 5.73 Å². The highest BCUT2D eigenvalue weighted by Crippen LogP contribution is 2.03. The van der Waals surface area contributed by atoms with Gasteiger partial charge in [0.25, 0.3) is 0 Å². The Kier molecular flexibility index (Phi) is 5.83. The van der Waals surface area contributed by atoms with Gasteiger partial charge in [-0.05, 0) is 22.9 Å². The van der Waals surface area contributed by atoms with Gasteiger partial charge in [0.15, 0.2) is 0 Å². The number of benzene rings is 3. The van der Waals surface area contributed by atoms with Crippen molar-refractivity contribution in [3.63, 3.8) is 0 Å². The Balaban J connectivity index is 1.68. The molecule has 2 N–H and O–H groups in total. The average molecular weight is 315 g/mol. The van der Waals surface area contributed by atoms with Crippen LogP contribution in [0.3, 0.4) is 0 Å². The molecule has 3 aromatic rings. The van der Waals surface area contributed by atoms with Crippen molar-refractivity contribution in [3.8, 4) is 0 Å². The molecule has 1 atom stereocenters. The zero-order chi connectivity index (χ0) is 16.6. The van der Waals surface area contributed by atoms with Crippen molar-refractivity contribution < 1.29 is 4.65 Å². The SMILES string of the molecule is N[C@H](COB(c1ccccc1)c1ccccc1)Cc1ccccc1. The van der Waals surface area contributed by atoms with Crippen LogP contribution >= 0.6 is 0 Å². The predicted octanol–water partition coefficient (Wildman–Crippen LogP) is 2.38. The molecule has 0 saturated carbocycles. The molecular formula is C21H22BNO. The maximum atomic E-state index is 6.29. The monoisotopic (exact) mass is 315 g/mol. The Bertz CT molecular complexity index is 679. The average Bonchev–Trinajstić information content (AvgIpc) is 2.64. The highest BCUT2D eigenvalue weighted by atomic mass is 16.4. The molecule has 0 heterocycles. The van der Waals surface area contributed by atoms with E-state index in [-0.39, 0.29) is 13.0 Å². The van der Waals surface area contributed by atoms with Crippen molar-refractivity contribution in [2.75, 3.05) is 6.61 Å². The van der Waals surface area contributed by atoms with Crippen LogP contribution in [0.5, 0.6) is 0 Å². The molecule has 0 aliphatic rings. The van der Waals surface area contributed by atoms with Gasteiger partial charge in [-0.2, -0.15) is 0 Å². The van der Waals surface area contributed by atoms with E-state index in [9.17, 15) is 0 Å². The van der Waals surface area contributed by atoms with E-state index in [1.54, 1.807) is 0 Å². The first kappa shape index (κ1) is 16.5. The van der Waals surface area contributed by atoms with Gasteiger partial charge in [-0.1, -0.05) is 91.0 Å². The number of rotatable bonds is 7. The van der Waals surface area contributed by atoms with Crippen LogP contribution in [-0.4, -0.2) is 19.6 Å². The third kappa shape index (κ3) is 4.57. The van der Waals surface area contributed by atoms with Crippen molar-refractivity contribution in [3.05, 3.63) is 96.6 Å². The molecule has 0 bridgehead atoms. The fourth-order valence-corrected chi connectivity index (χ4v) is 2.84. The largest absolute Gasteiger partial charge is 0.425 e. The summed E-state index contributed by atoms with van der Waals surface area (Å²) >= 11 is 0. The fraction of sp³-hybridized carbons (Fsp3) is 0.143. The molecular weight excluding hydrogens is 293 g/mol. The minimum absolute atomic E-state index is 0.0256. The van der Waals surface area contributed by atoms with Gasteiger partial charge in [0.1, 0.15) is 0 Å². The van der Waals surface area contributed by atoms with Gasteiger partial charge < -0.3 is 10.4 Å². The van der Waals surface area contributed by atoms with E-state index in [0.29, 0.717) is 6.61 Å². The molecule has 0 aromatic heterocycles. The van der Waals surface area contributed by atoms with Crippen LogP contribution < -0.4 is 16.7 Å². The van der Waals surface area contributed by atoms with Crippen molar-refractivity contribution in [2.45, 2.75) is 12.5 Å². The van der Waals surface area contributed by atoms with Crippen LogP contribution in [0.2, 0.25) is 0 Å². The maximum Gasteiger partial charge on any atom is 0.361 e. The van der Waals surface area contributed by atoms with E-state index in [0.717, 1.165) is 17.3 Å². The van der Waals surface area contributed by atoms with Crippen LogP contribution in [0.4, 0.5) is 0 Å². The standard InChI is InChI=1S/C21H22BNO/c23-21(16-18-10-4-1-5-11-18)17-24-22(19-12-6-2-7-13-19)20-14-8-3-9-15-20/h1-15,21H,16-17,23H2/t21-/m0/s1. The first-order valence-electron chi connectivity index (χ1n) is 8.34. The summed E-state index contributed by atoms with van der Waals surface area (Å²) in [6.07, 6.45) is 0.817. The minimum Gasteiger partial charge on any atom is -0.425 e. The second kappa shape index (κ2) is 8.48. The second-order valence-corrected chi connectivity index (χ2v) is 5.98. The number of nitrogens with two attached hydrogens (primary N) is 1. The summed E-state index contributed by atoms with van der Waals surface area (Å²) in [5, 5.41) is 0. The van der Waals surface area contributed by atoms with Gasteiger partial charge in [0.2, 0.25) is 0 Å². The van der Waals surface area contributed by atoms with E-state index in [1.807, 2.05) is 54.6 Å².